The van der Waals surface area contributed by atoms with Gasteiger partial charge in [-0.3, -0.25) is 4.57 Å². The molecule has 0 bridgehead atoms. The highest BCUT2D eigenvalue weighted by atomic mass is 16.6. The van der Waals surface area contributed by atoms with E-state index in [0.717, 1.165) is 0 Å². The summed E-state index contributed by atoms with van der Waals surface area (Å²) in [5, 5.41) is 10.7. The molecular weight excluding hydrogens is 284 g/mol. The summed E-state index contributed by atoms with van der Waals surface area (Å²) in [5.41, 5.74) is 0.508. The molecule has 22 heavy (non-hydrogen) atoms. The average molecular weight is 300 g/mol. The van der Waals surface area contributed by atoms with E-state index in [4.69, 9.17) is 9.15 Å². The van der Waals surface area contributed by atoms with Gasteiger partial charge in [-0.1, -0.05) is 6.07 Å². The van der Waals surface area contributed by atoms with E-state index in [-0.39, 0.29) is 5.75 Å². The number of phenols is 1. The van der Waals surface area contributed by atoms with Crippen LogP contribution < -0.4 is 0 Å². The summed E-state index contributed by atoms with van der Waals surface area (Å²) in [6.45, 7) is 5.39. The van der Waals surface area contributed by atoms with Gasteiger partial charge in [0.25, 0.3) is 0 Å². The van der Waals surface area contributed by atoms with Crippen LogP contribution >= 0.6 is 0 Å². The second kappa shape index (κ2) is 4.91. The zero-order chi connectivity index (χ0) is 15.9. The molecular formula is C16H16N2O4. The molecule has 0 amide bonds. The Hall–Kier alpha value is -2.76. The highest BCUT2D eigenvalue weighted by Crippen LogP contribution is 2.36. The fourth-order valence-electron chi connectivity index (χ4n) is 2.27. The largest absolute Gasteiger partial charge is 0.507 e. The normalized spacial score (nSPS) is 11.8. The van der Waals surface area contributed by atoms with Crippen molar-refractivity contribution < 1.29 is 19.1 Å². The third kappa shape index (κ3) is 2.43. The average Bonchev–Trinajstić information content (AvgIpc) is 3.03. The molecule has 0 radical (unpaired) electrons. The van der Waals surface area contributed by atoms with Crippen LogP contribution in [0.3, 0.4) is 0 Å². The molecule has 6 heteroatoms. The first-order valence-corrected chi connectivity index (χ1v) is 6.82. The van der Waals surface area contributed by atoms with E-state index in [9.17, 15) is 9.90 Å². The maximum atomic E-state index is 12.4. The Bertz CT molecular complexity index is 826. The quantitative estimate of drug-likeness (QED) is 0.740. The monoisotopic (exact) mass is 300 g/mol. The Morgan fingerprint density at radius 1 is 1.36 bits per heavy atom. The third-order valence-corrected chi connectivity index (χ3v) is 3.10. The van der Waals surface area contributed by atoms with Crippen LogP contribution in [0.2, 0.25) is 0 Å². The molecule has 2 heterocycles. The smallest absolute Gasteiger partial charge is 0.419 e. The van der Waals surface area contributed by atoms with Gasteiger partial charge < -0.3 is 14.3 Å². The number of nitrogens with zero attached hydrogens (tertiary/aromatic N) is 2. The molecule has 3 rings (SSSR count). The minimum atomic E-state index is -0.614. The number of aromatic nitrogens is 2. The van der Waals surface area contributed by atoms with Gasteiger partial charge in [-0.2, -0.15) is 0 Å². The molecule has 0 aliphatic heterocycles. The first kappa shape index (κ1) is 14.2. The lowest BCUT2D eigenvalue weighted by Gasteiger charge is -2.19. The maximum absolute atomic E-state index is 12.4. The first-order valence-electron chi connectivity index (χ1n) is 6.82. The number of carbonyl (C=O) groups is 1. The van der Waals surface area contributed by atoms with Crippen molar-refractivity contribution in [2.45, 2.75) is 26.4 Å². The van der Waals surface area contributed by atoms with E-state index in [1.165, 1.54) is 17.2 Å². The Labute approximate surface area is 126 Å². The lowest BCUT2D eigenvalue weighted by atomic mass is 10.1. The number of fused-ring (bicyclic) bond motifs is 1. The van der Waals surface area contributed by atoms with E-state index in [0.29, 0.717) is 22.2 Å². The highest BCUT2D eigenvalue weighted by Gasteiger charge is 2.23. The highest BCUT2D eigenvalue weighted by molar-refractivity contribution is 6.03. The molecule has 6 nitrogen and oxygen atoms in total. The standard InChI is InChI=1S/C16H16N2O4/c1-16(2,3)22-15(20)18-8-10(13-7-17-9-21-13)14-11(18)5-4-6-12(14)19/h4-9,19H,1-3H3. The van der Waals surface area contributed by atoms with Crippen molar-refractivity contribution in [3.05, 3.63) is 37.0 Å². The predicted molar refractivity (Wildman–Crippen MR) is 80.7 cm³/mol. The van der Waals surface area contributed by atoms with Crippen molar-refractivity contribution in [2.75, 3.05) is 0 Å². The van der Waals surface area contributed by atoms with Crippen LogP contribution in [-0.2, 0) is 4.74 Å². The van der Waals surface area contributed by atoms with Crippen molar-refractivity contribution in [1.29, 1.82) is 0 Å². The number of oxazole rings is 1. The number of aromatic hydroxyl groups is 1. The van der Waals surface area contributed by atoms with Crippen LogP contribution in [0.1, 0.15) is 20.8 Å². The lowest BCUT2D eigenvalue weighted by Crippen LogP contribution is -2.26. The summed E-state index contributed by atoms with van der Waals surface area (Å²) in [7, 11) is 0. The second-order valence-electron chi connectivity index (χ2n) is 5.93. The lowest BCUT2D eigenvalue weighted by molar-refractivity contribution is 0.0544. The number of hydrogen-bond acceptors (Lipinski definition) is 5. The maximum Gasteiger partial charge on any atom is 0.419 e. The summed E-state index contributed by atoms with van der Waals surface area (Å²) in [6, 6.07) is 4.96. The van der Waals surface area contributed by atoms with Crippen LogP contribution in [-0.4, -0.2) is 26.4 Å². The van der Waals surface area contributed by atoms with Crippen molar-refractivity contribution >= 4 is 17.0 Å². The summed E-state index contributed by atoms with van der Waals surface area (Å²) < 4.78 is 12.0. The van der Waals surface area contributed by atoms with Gasteiger partial charge >= 0.3 is 6.09 Å². The molecule has 0 saturated heterocycles. The molecule has 2 aromatic heterocycles. The number of hydrogen-bond donors (Lipinski definition) is 1. The molecule has 114 valence electrons. The summed E-state index contributed by atoms with van der Waals surface area (Å²) in [6.07, 6.45) is 3.89. The van der Waals surface area contributed by atoms with Crippen molar-refractivity contribution in [3.8, 4) is 17.1 Å². The van der Waals surface area contributed by atoms with Crippen LogP contribution in [0.15, 0.2) is 41.4 Å². The number of rotatable bonds is 1. The topological polar surface area (TPSA) is 77.5 Å². The van der Waals surface area contributed by atoms with Crippen LogP contribution in [0.5, 0.6) is 5.75 Å². The van der Waals surface area contributed by atoms with Crippen LogP contribution in [0, 0.1) is 0 Å². The fourth-order valence-corrected chi connectivity index (χ4v) is 2.27. The minimum absolute atomic E-state index is 0.0613. The molecule has 0 atom stereocenters. The van der Waals surface area contributed by atoms with Gasteiger partial charge in [0.2, 0.25) is 0 Å². The molecule has 1 N–H and O–H groups in total. The van der Waals surface area contributed by atoms with Crippen LogP contribution in [0.4, 0.5) is 4.79 Å². The second-order valence-corrected chi connectivity index (χ2v) is 5.93. The summed E-state index contributed by atoms with van der Waals surface area (Å²) in [5.74, 6) is 0.528. The van der Waals surface area contributed by atoms with E-state index >= 15 is 0 Å². The Morgan fingerprint density at radius 3 is 2.77 bits per heavy atom. The summed E-state index contributed by atoms with van der Waals surface area (Å²) >= 11 is 0. The van der Waals surface area contributed by atoms with E-state index < -0.39 is 11.7 Å². The zero-order valence-corrected chi connectivity index (χ0v) is 12.5. The van der Waals surface area contributed by atoms with Gasteiger partial charge in [0.15, 0.2) is 12.2 Å². The van der Waals surface area contributed by atoms with Crippen molar-refractivity contribution in [1.82, 2.24) is 9.55 Å². The van der Waals surface area contributed by atoms with Crippen molar-refractivity contribution in [3.63, 3.8) is 0 Å². The van der Waals surface area contributed by atoms with Gasteiger partial charge in [0, 0.05) is 11.8 Å². The Morgan fingerprint density at radius 2 is 2.14 bits per heavy atom. The van der Waals surface area contributed by atoms with Gasteiger partial charge in [0.05, 0.1) is 17.1 Å². The Kier molecular flexibility index (Phi) is 3.16. The van der Waals surface area contributed by atoms with E-state index in [1.54, 1.807) is 45.2 Å². The van der Waals surface area contributed by atoms with E-state index in [1.807, 2.05) is 0 Å². The molecule has 0 fully saturated rings. The number of phenolic OH excluding ortho intramolecular Hbond substituents is 1. The molecule has 1 aromatic carbocycles. The first-order chi connectivity index (χ1) is 10.4. The zero-order valence-electron chi connectivity index (χ0n) is 12.5. The minimum Gasteiger partial charge on any atom is -0.507 e. The van der Waals surface area contributed by atoms with Gasteiger partial charge in [-0.05, 0) is 32.9 Å². The third-order valence-electron chi connectivity index (χ3n) is 3.10. The Balaban J connectivity index is 2.20. The number of benzene rings is 1. The molecule has 3 aromatic rings. The van der Waals surface area contributed by atoms with Crippen molar-refractivity contribution in [2.24, 2.45) is 0 Å². The molecule has 0 unspecified atom stereocenters. The number of carbonyl (C=O) groups excluding carboxylic acids is 1. The molecule has 0 aliphatic carbocycles. The molecule has 0 aliphatic rings. The van der Waals surface area contributed by atoms with E-state index in [2.05, 4.69) is 4.98 Å². The number of ether oxygens (including phenoxy) is 1. The predicted octanol–water partition coefficient (Wildman–Crippen LogP) is 3.79. The summed E-state index contributed by atoms with van der Waals surface area (Å²) in [4.78, 5) is 16.3. The fraction of sp³-hybridized carbons (Fsp3) is 0.250. The molecule has 0 saturated carbocycles. The van der Waals surface area contributed by atoms with Gasteiger partial charge in [0.1, 0.15) is 11.4 Å². The van der Waals surface area contributed by atoms with Crippen LogP contribution in [0.25, 0.3) is 22.2 Å². The molecule has 0 spiro atoms. The van der Waals surface area contributed by atoms with Gasteiger partial charge in [-0.25, -0.2) is 9.78 Å². The van der Waals surface area contributed by atoms with Gasteiger partial charge in [-0.15, -0.1) is 0 Å². The SMILES string of the molecule is CC(C)(C)OC(=O)n1cc(-c2cnco2)c2c(O)cccc21.